The van der Waals surface area contributed by atoms with Crippen LogP contribution in [0.25, 0.3) is 0 Å². The quantitative estimate of drug-likeness (QED) is 0.867. The second-order valence-corrected chi connectivity index (χ2v) is 5.29. The number of phenolic OH excluding ortho intramolecular Hbond substituents is 1. The second-order valence-electron chi connectivity index (χ2n) is 5.29. The highest BCUT2D eigenvalue weighted by Crippen LogP contribution is 2.31. The molecule has 0 aliphatic heterocycles. The lowest BCUT2D eigenvalue weighted by atomic mass is 9.93. The van der Waals surface area contributed by atoms with Crippen molar-refractivity contribution < 1.29 is 14.6 Å². The molecule has 0 aliphatic rings. The number of carbonyl (C=O) groups is 1. The summed E-state index contributed by atoms with van der Waals surface area (Å²) in [6.07, 6.45) is 0. The smallest absolute Gasteiger partial charge is 0.339 e. The molecule has 0 saturated carbocycles. The molecule has 0 atom stereocenters. The first kappa shape index (κ1) is 15.1. The van der Waals surface area contributed by atoms with Gasteiger partial charge in [-0.15, -0.1) is 0 Å². The predicted molar refractivity (Wildman–Crippen MR) is 82.6 cm³/mol. The molecule has 0 fully saturated rings. The third-order valence-electron chi connectivity index (χ3n) is 4.00. The van der Waals surface area contributed by atoms with E-state index in [2.05, 4.69) is 0 Å². The molecule has 2 aromatic carbocycles. The largest absolute Gasteiger partial charge is 0.507 e. The van der Waals surface area contributed by atoms with E-state index in [-0.39, 0.29) is 18.3 Å². The fourth-order valence-electron chi connectivity index (χ4n) is 2.39. The molecule has 110 valence electrons. The van der Waals surface area contributed by atoms with E-state index in [1.54, 1.807) is 0 Å². The Morgan fingerprint density at radius 1 is 0.952 bits per heavy atom. The van der Waals surface area contributed by atoms with Crippen LogP contribution in [0.4, 0.5) is 0 Å². The molecule has 2 aromatic rings. The lowest BCUT2D eigenvalue weighted by molar-refractivity contribution is 0.0470. The van der Waals surface area contributed by atoms with Gasteiger partial charge in [-0.3, -0.25) is 0 Å². The maximum absolute atomic E-state index is 12.4. The Morgan fingerprint density at radius 2 is 1.48 bits per heavy atom. The van der Waals surface area contributed by atoms with Crippen molar-refractivity contribution >= 4 is 5.97 Å². The van der Waals surface area contributed by atoms with Gasteiger partial charge in [0.05, 0.1) is 5.56 Å². The lowest BCUT2D eigenvalue weighted by Crippen LogP contribution is -2.11. The summed E-state index contributed by atoms with van der Waals surface area (Å²) in [7, 11) is 0. The van der Waals surface area contributed by atoms with Crippen molar-refractivity contribution in [1.29, 1.82) is 0 Å². The normalized spacial score (nSPS) is 10.5. The fourth-order valence-corrected chi connectivity index (χ4v) is 2.39. The topological polar surface area (TPSA) is 46.5 Å². The van der Waals surface area contributed by atoms with Crippen molar-refractivity contribution in [3.05, 3.63) is 63.7 Å². The molecular formula is C18H20O3. The van der Waals surface area contributed by atoms with E-state index < -0.39 is 0 Å². The van der Waals surface area contributed by atoms with Crippen molar-refractivity contribution in [2.45, 2.75) is 34.3 Å². The van der Waals surface area contributed by atoms with Crippen LogP contribution in [-0.2, 0) is 11.3 Å². The van der Waals surface area contributed by atoms with E-state index in [1.807, 2.05) is 58.0 Å². The van der Waals surface area contributed by atoms with E-state index in [0.717, 1.165) is 27.8 Å². The number of aromatic hydroxyl groups is 1. The highest BCUT2D eigenvalue weighted by atomic mass is 16.5. The first-order valence-corrected chi connectivity index (χ1v) is 6.93. The number of phenols is 1. The molecule has 3 nitrogen and oxygen atoms in total. The maximum Gasteiger partial charge on any atom is 0.339 e. The molecule has 0 aliphatic carbocycles. The van der Waals surface area contributed by atoms with Crippen LogP contribution >= 0.6 is 0 Å². The van der Waals surface area contributed by atoms with Crippen molar-refractivity contribution in [1.82, 2.24) is 0 Å². The summed E-state index contributed by atoms with van der Waals surface area (Å²) in [5.74, 6) is -0.0929. The van der Waals surface area contributed by atoms with Gasteiger partial charge in [0.15, 0.2) is 0 Å². The van der Waals surface area contributed by atoms with E-state index in [9.17, 15) is 9.90 Å². The monoisotopic (exact) mass is 284 g/mol. The number of esters is 1. The number of hydrogen-bond acceptors (Lipinski definition) is 3. The van der Waals surface area contributed by atoms with E-state index in [0.29, 0.717) is 5.56 Å². The minimum Gasteiger partial charge on any atom is -0.507 e. The Morgan fingerprint density at radius 3 is 2.00 bits per heavy atom. The van der Waals surface area contributed by atoms with Gasteiger partial charge in [-0.25, -0.2) is 4.79 Å². The molecule has 0 bridgehead atoms. The summed E-state index contributed by atoms with van der Waals surface area (Å²) in [5, 5.41) is 10.0. The van der Waals surface area contributed by atoms with Crippen LogP contribution in [0.3, 0.4) is 0 Å². The number of ether oxygens (including phenoxy) is 1. The average molecular weight is 284 g/mol. The van der Waals surface area contributed by atoms with Crippen LogP contribution in [0.1, 0.15) is 38.2 Å². The number of benzene rings is 2. The molecule has 0 saturated heterocycles. The van der Waals surface area contributed by atoms with Gasteiger partial charge >= 0.3 is 5.97 Å². The van der Waals surface area contributed by atoms with E-state index in [1.165, 1.54) is 0 Å². The van der Waals surface area contributed by atoms with Crippen LogP contribution in [-0.4, -0.2) is 11.1 Å². The summed E-state index contributed by atoms with van der Waals surface area (Å²) in [4.78, 5) is 12.4. The van der Waals surface area contributed by atoms with Crippen LogP contribution in [0.15, 0.2) is 30.3 Å². The Labute approximate surface area is 125 Å². The summed E-state index contributed by atoms with van der Waals surface area (Å²) in [6.45, 7) is 7.54. The van der Waals surface area contributed by atoms with Crippen LogP contribution in [0.2, 0.25) is 0 Å². The SMILES string of the molecule is Cc1c(C)c(C(=O)OCc2ccccc2)c(C)c(C)c1O. The number of carbonyl (C=O) groups excluding carboxylic acids is 1. The Balaban J connectivity index is 2.28. The zero-order valence-corrected chi connectivity index (χ0v) is 12.9. The molecule has 21 heavy (non-hydrogen) atoms. The third-order valence-corrected chi connectivity index (χ3v) is 4.00. The van der Waals surface area contributed by atoms with Gasteiger partial charge in [-0.2, -0.15) is 0 Å². The Bertz CT molecular complexity index is 644. The molecule has 0 amide bonds. The van der Waals surface area contributed by atoms with Crippen molar-refractivity contribution in [3.8, 4) is 5.75 Å². The molecular weight excluding hydrogens is 264 g/mol. The minimum absolute atomic E-state index is 0.248. The summed E-state index contributed by atoms with van der Waals surface area (Å²) in [6, 6.07) is 9.58. The average Bonchev–Trinajstić information content (AvgIpc) is 2.50. The van der Waals surface area contributed by atoms with Gasteiger partial charge in [0.2, 0.25) is 0 Å². The van der Waals surface area contributed by atoms with Gasteiger partial charge in [-0.05, 0) is 55.5 Å². The van der Waals surface area contributed by atoms with Crippen LogP contribution in [0.5, 0.6) is 5.75 Å². The molecule has 0 aromatic heterocycles. The van der Waals surface area contributed by atoms with E-state index >= 15 is 0 Å². The highest BCUT2D eigenvalue weighted by Gasteiger charge is 2.20. The maximum atomic E-state index is 12.4. The summed E-state index contributed by atoms with van der Waals surface area (Å²) < 4.78 is 5.41. The third kappa shape index (κ3) is 2.92. The van der Waals surface area contributed by atoms with Gasteiger partial charge in [0.1, 0.15) is 12.4 Å². The van der Waals surface area contributed by atoms with Gasteiger partial charge in [-0.1, -0.05) is 30.3 Å². The molecule has 0 unspecified atom stereocenters. The predicted octanol–water partition coefficient (Wildman–Crippen LogP) is 3.98. The first-order chi connectivity index (χ1) is 9.93. The standard InChI is InChI=1S/C18H20O3/c1-11-13(3)17(19)14(4)12(2)16(11)18(20)21-10-15-8-6-5-7-9-15/h5-9,19H,10H2,1-4H3. The zero-order valence-electron chi connectivity index (χ0n) is 12.9. The van der Waals surface area contributed by atoms with Gasteiger partial charge in [0.25, 0.3) is 0 Å². The van der Waals surface area contributed by atoms with Crippen molar-refractivity contribution in [3.63, 3.8) is 0 Å². The minimum atomic E-state index is -0.347. The van der Waals surface area contributed by atoms with Crippen LogP contribution in [0, 0.1) is 27.7 Å². The second kappa shape index (κ2) is 6.00. The fraction of sp³-hybridized carbons (Fsp3) is 0.278. The zero-order chi connectivity index (χ0) is 15.6. The van der Waals surface area contributed by atoms with Crippen molar-refractivity contribution in [2.24, 2.45) is 0 Å². The summed E-state index contributed by atoms with van der Waals surface area (Å²) >= 11 is 0. The molecule has 0 heterocycles. The molecule has 2 rings (SSSR count). The number of hydrogen-bond donors (Lipinski definition) is 1. The summed E-state index contributed by atoms with van der Waals surface area (Å²) in [5.41, 5.74) is 4.50. The van der Waals surface area contributed by atoms with Gasteiger partial charge < -0.3 is 9.84 Å². The molecule has 0 spiro atoms. The molecule has 1 N–H and O–H groups in total. The first-order valence-electron chi connectivity index (χ1n) is 6.93. The molecule has 0 radical (unpaired) electrons. The van der Waals surface area contributed by atoms with E-state index in [4.69, 9.17) is 4.74 Å². The molecule has 3 heteroatoms. The van der Waals surface area contributed by atoms with Crippen LogP contribution < -0.4 is 0 Å². The van der Waals surface area contributed by atoms with Crippen molar-refractivity contribution in [2.75, 3.05) is 0 Å². The number of rotatable bonds is 3. The Kier molecular flexibility index (Phi) is 4.32. The lowest BCUT2D eigenvalue weighted by Gasteiger charge is -2.16. The highest BCUT2D eigenvalue weighted by molar-refractivity contribution is 5.94. The Hall–Kier alpha value is -2.29. The van der Waals surface area contributed by atoms with Gasteiger partial charge in [0, 0.05) is 0 Å².